The van der Waals surface area contributed by atoms with Crippen LogP contribution in [0.3, 0.4) is 0 Å². The van der Waals surface area contributed by atoms with Crippen molar-refractivity contribution >= 4 is 36.5 Å². The van der Waals surface area contributed by atoms with E-state index in [1.54, 1.807) is 11.3 Å². The lowest BCUT2D eigenvalue weighted by molar-refractivity contribution is 0.109. The molecule has 74 valence electrons. The van der Waals surface area contributed by atoms with Crippen LogP contribution in [0.15, 0.2) is 0 Å². The minimum absolute atomic E-state index is 0.580. The van der Waals surface area contributed by atoms with Crippen molar-refractivity contribution < 1.29 is 9.59 Å². The van der Waals surface area contributed by atoms with E-state index < -0.39 is 0 Å². The van der Waals surface area contributed by atoms with Gasteiger partial charge in [-0.2, -0.15) is 11.3 Å². The van der Waals surface area contributed by atoms with Crippen molar-refractivity contribution in [2.24, 2.45) is 0 Å². The second kappa shape index (κ2) is 5.10. The lowest BCUT2D eigenvalue weighted by Gasteiger charge is -1.96. The molecule has 0 spiro atoms. The van der Waals surface area contributed by atoms with Crippen molar-refractivity contribution in [2.75, 3.05) is 0 Å². The Kier molecular flexibility index (Phi) is 4.07. The highest BCUT2D eigenvalue weighted by atomic mass is 32.1. The van der Waals surface area contributed by atoms with Crippen LogP contribution in [0.5, 0.6) is 0 Å². The van der Waals surface area contributed by atoms with Gasteiger partial charge < -0.3 is 0 Å². The number of carbonyl (C=O) groups excluding carboxylic acids is 2. The van der Waals surface area contributed by atoms with Crippen LogP contribution < -0.4 is 4.78 Å². The van der Waals surface area contributed by atoms with Crippen molar-refractivity contribution in [1.82, 2.24) is 0 Å². The van der Waals surface area contributed by atoms with Crippen molar-refractivity contribution in [3.8, 4) is 0 Å². The summed E-state index contributed by atoms with van der Waals surface area (Å²) in [6.07, 6.45) is 4.66. The van der Waals surface area contributed by atoms with Crippen LogP contribution >= 0.6 is 11.3 Å². The largest absolute Gasteiger partial charge is 0.298 e. The topological polar surface area (TPSA) is 34.1 Å². The van der Waals surface area contributed by atoms with Gasteiger partial charge in [0, 0.05) is 16.0 Å². The molecule has 0 N–H and O–H groups in total. The number of thiophene rings is 1. The molecule has 0 radical (unpaired) electrons. The lowest BCUT2D eigenvalue weighted by atomic mass is 9.99. The average molecular weight is 208 g/mol. The molecule has 1 aromatic rings. The van der Waals surface area contributed by atoms with Crippen LogP contribution in [-0.4, -0.2) is 20.4 Å². The number of unbranched alkanes of at least 4 members (excludes halogenated alkanes) is 1. The Hall–Kier alpha value is -0.895. The monoisotopic (exact) mass is 208 g/mol. The van der Waals surface area contributed by atoms with Gasteiger partial charge in [0.2, 0.25) is 0 Å². The van der Waals surface area contributed by atoms with Crippen LogP contribution in [0, 0.1) is 0 Å². The number of rotatable bonds is 5. The van der Waals surface area contributed by atoms with Gasteiger partial charge in [-0.05, 0) is 17.6 Å². The molecule has 0 fully saturated rings. The second-order valence-electron chi connectivity index (χ2n) is 3.25. The van der Waals surface area contributed by atoms with E-state index in [4.69, 9.17) is 0 Å². The standard InChI is InChI=1S/C10H13BO2S/c1-2-3-4-9-7(5-12)8(6-13)10(11)14-9/h5-6H,2-4,11H2,1H3. The van der Waals surface area contributed by atoms with Gasteiger partial charge in [-0.3, -0.25) is 9.59 Å². The summed E-state index contributed by atoms with van der Waals surface area (Å²) in [5.41, 5.74) is 1.19. The first-order valence-electron chi connectivity index (χ1n) is 4.77. The number of hydrogen-bond donors (Lipinski definition) is 0. The molecule has 0 bridgehead atoms. The third kappa shape index (κ3) is 2.12. The Labute approximate surface area is 88.7 Å². The first-order valence-corrected chi connectivity index (χ1v) is 5.58. The molecule has 0 atom stereocenters. The number of aldehydes is 2. The Morgan fingerprint density at radius 3 is 2.43 bits per heavy atom. The summed E-state index contributed by atoms with van der Waals surface area (Å²) in [5, 5.41) is 0. The maximum absolute atomic E-state index is 10.8. The van der Waals surface area contributed by atoms with Gasteiger partial charge in [0.15, 0.2) is 20.4 Å². The minimum atomic E-state index is 0.580. The van der Waals surface area contributed by atoms with Gasteiger partial charge in [0.05, 0.1) is 0 Å². The molecule has 4 heteroatoms. The van der Waals surface area contributed by atoms with E-state index in [1.165, 1.54) is 0 Å². The van der Waals surface area contributed by atoms with Crippen molar-refractivity contribution in [2.45, 2.75) is 26.2 Å². The molecule has 2 nitrogen and oxygen atoms in total. The maximum Gasteiger partial charge on any atom is 0.153 e. The molecule has 1 heterocycles. The molecular formula is C10H13BO2S. The molecule has 1 rings (SSSR count). The molecule has 0 aliphatic carbocycles. The van der Waals surface area contributed by atoms with E-state index in [2.05, 4.69) is 6.92 Å². The van der Waals surface area contributed by atoms with Gasteiger partial charge in [-0.1, -0.05) is 13.3 Å². The molecule has 0 aliphatic heterocycles. The summed E-state index contributed by atoms with van der Waals surface area (Å²) < 4.78 is 0.952. The molecule has 1 aromatic heterocycles. The summed E-state index contributed by atoms with van der Waals surface area (Å²) in [4.78, 5) is 22.6. The predicted molar refractivity (Wildman–Crippen MR) is 61.9 cm³/mol. The van der Waals surface area contributed by atoms with E-state index in [-0.39, 0.29) is 0 Å². The highest BCUT2D eigenvalue weighted by molar-refractivity contribution is 7.20. The zero-order valence-corrected chi connectivity index (χ0v) is 9.32. The Morgan fingerprint density at radius 1 is 1.29 bits per heavy atom. The Morgan fingerprint density at radius 2 is 1.93 bits per heavy atom. The Bertz CT molecular complexity index is 344. The zero-order valence-electron chi connectivity index (χ0n) is 8.50. The molecular weight excluding hydrogens is 195 g/mol. The molecule has 0 aromatic carbocycles. The van der Waals surface area contributed by atoms with E-state index in [9.17, 15) is 9.59 Å². The lowest BCUT2D eigenvalue weighted by Crippen LogP contribution is -2.03. The van der Waals surface area contributed by atoms with Gasteiger partial charge in [0.25, 0.3) is 0 Å². The highest BCUT2D eigenvalue weighted by Crippen LogP contribution is 2.19. The van der Waals surface area contributed by atoms with Gasteiger partial charge in [0.1, 0.15) is 0 Å². The fourth-order valence-corrected chi connectivity index (χ4v) is 2.59. The van der Waals surface area contributed by atoms with Gasteiger partial charge >= 0.3 is 0 Å². The summed E-state index contributed by atoms with van der Waals surface area (Å²) in [6, 6.07) is 0. The molecule has 0 amide bonds. The van der Waals surface area contributed by atoms with E-state index >= 15 is 0 Å². The molecule has 0 unspecified atom stereocenters. The minimum Gasteiger partial charge on any atom is -0.298 e. The van der Waals surface area contributed by atoms with Gasteiger partial charge in [-0.25, -0.2) is 0 Å². The molecule has 0 aliphatic rings. The first-order chi connectivity index (χ1) is 6.74. The summed E-state index contributed by atoms with van der Waals surface area (Å²) >= 11 is 1.57. The number of carbonyl (C=O) groups is 2. The SMILES string of the molecule is Bc1sc(CCCC)c(C=O)c1C=O. The van der Waals surface area contributed by atoms with E-state index in [0.29, 0.717) is 11.1 Å². The smallest absolute Gasteiger partial charge is 0.153 e. The van der Waals surface area contributed by atoms with E-state index in [1.807, 2.05) is 7.85 Å². The predicted octanol–water partition coefficient (Wildman–Crippen LogP) is 0.974. The Balaban J connectivity index is 3.04. The zero-order chi connectivity index (χ0) is 10.6. The fourth-order valence-electron chi connectivity index (χ4n) is 1.43. The van der Waals surface area contributed by atoms with E-state index in [0.717, 1.165) is 41.5 Å². The fraction of sp³-hybridized carbons (Fsp3) is 0.400. The second-order valence-corrected chi connectivity index (χ2v) is 4.56. The summed E-state index contributed by atoms with van der Waals surface area (Å²) in [5.74, 6) is 0. The first kappa shape index (κ1) is 11.2. The van der Waals surface area contributed by atoms with Crippen LogP contribution in [0.25, 0.3) is 0 Å². The van der Waals surface area contributed by atoms with Crippen molar-refractivity contribution in [3.05, 3.63) is 16.0 Å². The molecule has 0 saturated carbocycles. The van der Waals surface area contributed by atoms with Crippen LogP contribution in [0.2, 0.25) is 0 Å². The normalized spacial score (nSPS) is 10.1. The van der Waals surface area contributed by atoms with Crippen molar-refractivity contribution in [3.63, 3.8) is 0 Å². The van der Waals surface area contributed by atoms with Crippen LogP contribution in [-0.2, 0) is 6.42 Å². The third-order valence-electron chi connectivity index (χ3n) is 2.24. The maximum atomic E-state index is 10.8. The molecule has 0 saturated heterocycles. The summed E-state index contributed by atoms with van der Waals surface area (Å²) in [7, 11) is 1.89. The highest BCUT2D eigenvalue weighted by Gasteiger charge is 2.13. The number of aryl methyl sites for hydroxylation is 1. The van der Waals surface area contributed by atoms with Crippen LogP contribution in [0.1, 0.15) is 45.4 Å². The van der Waals surface area contributed by atoms with Crippen molar-refractivity contribution in [1.29, 1.82) is 0 Å². The summed E-state index contributed by atoms with van der Waals surface area (Å²) in [6.45, 7) is 2.11. The van der Waals surface area contributed by atoms with Crippen LogP contribution in [0.4, 0.5) is 0 Å². The van der Waals surface area contributed by atoms with Gasteiger partial charge in [-0.15, -0.1) is 0 Å². The average Bonchev–Trinajstić information content (AvgIpc) is 2.50. The third-order valence-corrected chi connectivity index (χ3v) is 3.44. The molecule has 14 heavy (non-hydrogen) atoms. The number of hydrogen-bond acceptors (Lipinski definition) is 3. The quantitative estimate of drug-likeness (QED) is 0.533.